The van der Waals surface area contributed by atoms with Crippen LogP contribution >= 0.6 is 0 Å². The van der Waals surface area contributed by atoms with Gasteiger partial charge in [0.1, 0.15) is 0 Å². The highest BCUT2D eigenvalue weighted by Crippen LogP contribution is 2.31. The predicted octanol–water partition coefficient (Wildman–Crippen LogP) is 1.99. The second-order valence-electron chi connectivity index (χ2n) is 3.52. The van der Waals surface area contributed by atoms with Gasteiger partial charge in [-0.1, -0.05) is 0 Å². The van der Waals surface area contributed by atoms with Gasteiger partial charge in [-0.15, -0.1) is 0 Å². The molecule has 0 radical (unpaired) electrons. The molecule has 1 unspecified atom stereocenters. The second kappa shape index (κ2) is 6.98. The molecule has 0 amide bonds. The van der Waals surface area contributed by atoms with Gasteiger partial charge in [-0.25, -0.2) is 0 Å². The maximum absolute atomic E-state index is 12.1. The van der Waals surface area contributed by atoms with Crippen LogP contribution in [0.2, 0.25) is 0 Å². The molecule has 9 heteroatoms. The molecule has 1 rings (SSSR count). The molecule has 0 fully saturated rings. The van der Waals surface area contributed by atoms with E-state index in [1.807, 2.05) is 0 Å². The fraction of sp³-hybridized carbons (Fsp3) is 0.400. The van der Waals surface area contributed by atoms with Gasteiger partial charge in [0.2, 0.25) is 5.75 Å². The molecule has 0 bridgehead atoms. The van der Waals surface area contributed by atoms with E-state index in [1.165, 1.54) is 12.3 Å². The summed E-state index contributed by atoms with van der Waals surface area (Å²) in [5.74, 6) is -0.134. The number of alkyl halides is 2. The maximum Gasteiger partial charge on any atom is 0.387 e. The van der Waals surface area contributed by atoms with Gasteiger partial charge in [0.15, 0.2) is 0 Å². The molecule has 0 saturated heterocycles. The molecule has 1 aromatic rings. The van der Waals surface area contributed by atoms with Crippen LogP contribution in [-0.2, 0) is 10.8 Å². The van der Waals surface area contributed by atoms with Crippen LogP contribution in [0.5, 0.6) is 5.75 Å². The second-order valence-corrected chi connectivity index (χ2v) is 5.08. The van der Waals surface area contributed by atoms with Crippen molar-refractivity contribution >= 4 is 22.2 Å². The van der Waals surface area contributed by atoms with Crippen LogP contribution in [0.15, 0.2) is 18.2 Å². The summed E-state index contributed by atoms with van der Waals surface area (Å²) in [7, 11) is -0.987. The minimum Gasteiger partial charge on any atom is -0.427 e. The van der Waals surface area contributed by atoms with Gasteiger partial charge in [-0.3, -0.25) is 14.3 Å². The number of hydrogen-bond acceptors (Lipinski definition) is 5. The quantitative estimate of drug-likeness (QED) is 0.614. The Kier molecular flexibility index (Phi) is 5.61. The van der Waals surface area contributed by atoms with Gasteiger partial charge in [0, 0.05) is 47.2 Å². The number of benzene rings is 1. The summed E-state index contributed by atoms with van der Waals surface area (Å²) < 4.78 is 39.2. The van der Waals surface area contributed by atoms with Crippen molar-refractivity contribution in [1.82, 2.24) is 0 Å². The molecule has 0 spiro atoms. The molecular weight excluding hydrogens is 282 g/mol. The van der Waals surface area contributed by atoms with Crippen LogP contribution in [0.1, 0.15) is 0 Å². The first-order valence-electron chi connectivity index (χ1n) is 5.17. The van der Waals surface area contributed by atoms with Crippen LogP contribution in [0, 0.1) is 10.1 Å². The topological polar surface area (TPSA) is 81.5 Å². The van der Waals surface area contributed by atoms with Crippen molar-refractivity contribution in [3.8, 4) is 5.75 Å². The standard InChI is InChI=1S/C10H12F2N2O4S/c1-19(17)5-4-13-7-2-3-8(14(15)16)9(6-7)18-10(11)12/h2-3,6,10,13H,4-5H2,1H3. The highest BCUT2D eigenvalue weighted by molar-refractivity contribution is 7.84. The first-order chi connectivity index (χ1) is 8.90. The molecule has 106 valence electrons. The first kappa shape index (κ1) is 15.3. The van der Waals surface area contributed by atoms with Gasteiger partial charge < -0.3 is 10.1 Å². The highest BCUT2D eigenvalue weighted by Gasteiger charge is 2.18. The van der Waals surface area contributed by atoms with E-state index in [4.69, 9.17) is 0 Å². The average molecular weight is 294 g/mol. The highest BCUT2D eigenvalue weighted by atomic mass is 32.2. The molecule has 0 aromatic heterocycles. The van der Waals surface area contributed by atoms with Crippen molar-refractivity contribution in [2.45, 2.75) is 6.61 Å². The van der Waals surface area contributed by atoms with E-state index in [2.05, 4.69) is 10.1 Å². The number of nitrogens with one attached hydrogen (secondary N) is 1. The molecule has 0 heterocycles. The zero-order valence-corrected chi connectivity index (χ0v) is 10.8. The third-order valence-corrected chi connectivity index (χ3v) is 2.87. The lowest BCUT2D eigenvalue weighted by atomic mass is 10.2. The molecule has 1 N–H and O–H groups in total. The fourth-order valence-corrected chi connectivity index (χ4v) is 1.69. The van der Waals surface area contributed by atoms with E-state index in [-0.39, 0.29) is 0 Å². The minimum atomic E-state index is -3.14. The van der Waals surface area contributed by atoms with Gasteiger partial charge in [-0.05, 0) is 6.07 Å². The summed E-state index contributed by atoms with van der Waals surface area (Å²) in [6.45, 7) is -2.79. The average Bonchev–Trinajstić information content (AvgIpc) is 2.27. The van der Waals surface area contributed by atoms with Crippen LogP contribution in [0.25, 0.3) is 0 Å². The van der Waals surface area contributed by atoms with E-state index in [0.717, 1.165) is 12.1 Å². The maximum atomic E-state index is 12.1. The summed E-state index contributed by atoms with van der Waals surface area (Å²) in [6.07, 6.45) is 1.53. The number of nitro groups is 1. The minimum absolute atomic E-state index is 0.356. The van der Waals surface area contributed by atoms with E-state index in [9.17, 15) is 23.1 Å². The number of hydrogen-bond donors (Lipinski definition) is 1. The summed E-state index contributed by atoms with van der Waals surface area (Å²) in [6, 6.07) is 3.56. The van der Waals surface area contributed by atoms with Crippen molar-refractivity contribution in [2.75, 3.05) is 23.9 Å². The lowest BCUT2D eigenvalue weighted by molar-refractivity contribution is -0.386. The largest absolute Gasteiger partial charge is 0.427 e. The Bertz CT molecular complexity index is 485. The van der Waals surface area contributed by atoms with E-state index < -0.39 is 33.8 Å². The number of nitrogens with zero attached hydrogens (tertiary/aromatic N) is 1. The number of rotatable bonds is 7. The molecule has 1 atom stereocenters. The van der Waals surface area contributed by atoms with Crippen molar-refractivity contribution in [3.63, 3.8) is 0 Å². The van der Waals surface area contributed by atoms with Crippen molar-refractivity contribution in [1.29, 1.82) is 0 Å². The van der Waals surface area contributed by atoms with Gasteiger partial charge >= 0.3 is 12.3 Å². The number of anilines is 1. The lowest BCUT2D eigenvalue weighted by Gasteiger charge is -2.09. The summed E-state index contributed by atoms with van der Waals surface area (Å²) in [5, 5.41) is 13.5. The molecule has 1 aromatic carbocycles. The fourth-order valence-electron chi connectivity index (χ4n) is 1.30. The van der Waals surface area contributed by atoms with E-state index in [0.29, 0.717) is 18.0 Å². The first-order valence-corrected chi connectivity index (χ1v) is 6.90. The van der Waals surface area contributed by atoms with Crippen LogP contribution in [-0.4, -0.2) is 34.3 Å². The van der Waals surface area contributed by atoms with E-state index >= 15 is 0 Å². The summed E-state index contributed by atoms with van der Waals surface area (Å²) in [4.78, 5) is 9.83. The van der Waals surface area contributed by atoms with Crippen molar-refractivity contribution < 1.29 is 22.6 Å². The smallest absolute Gasteiger partial charge is 0.387 e. The van der Waals surface area contributed by atoms with Crippen LogP contribution in [0.4, 0.5) is 20.2 Å². The van der Waals surface area contributed by atoms with Crippen molar-refractivity contribution in [3.05, 3.63) is 28.3 Å². The Morgan fingerprint density at radius 3 is 2.74 bits per heavy atom. The summed E-state index contributed by atoms with van der Waals surface area (Å²) >= 11 is 0. The third-order valence-electron chi connectivity index (χ3n) is 2.09. The normalized spacial score (nSPS) is 12.2. The number of halogens is 2. The monoisotopic (exact) mass is 294 g/mol. The molecule has 19 heavy (non-hydrogen) atoms. The molecule has 0 aliphatic carbocycles. The van der Waals surface area contributed by atoms with Gasteiger partial charge in [0.05, 0.1) is 4.92 Å². The Balaban J connectivity index is 2.85. The zero-order valence-electron chi connectivity index (χ0n) is 9.97. The molecule has 0 aliphatic rings. The lowest BCUT2D eigenvalue weighted by Crippen LogP contribution is -2.10. The predicted molar refractivity (Wildman–Crippen MR) is 67.2 cm³/mol. The van der Waals surface area contributed by atoms with Gasteiger partial charge in [-0.2, -0.15) is 8.78 Å². The Labute approximate surface area is 110 Å². The Morgan fingerprint density at radius 2 is 2.21 bits per heavy atom. The van der Waals surface area contributed by atoms with Gasteiger partial charge in [0.25, 0.3) is 0 Å². The molecule has 6 nitrogen and oxygen atoms in total. The molecule has 0 saturated carbocycles. The SMILES string of the molecule is CS(=O)CCNc1ccc([N+](=O)[O-])c(OC(F)F)c1. The van der Waals surface area contributed by atoms with Crippen LogP contribution in [0.3, 0.4) is 0 Å². The molecular formula is C10H12F2N2O4S. The Hall–Kier alpha value is -1.77. The zero-order chi connectivity index (χ0) is 14.4. The number of nitro benzene ring substituents is 1. The van der Waals surface area contributed by atoms with Crippen LogP contribution < -0.4 is 10.1 Å². The van der Waals surface area contributed by atoms with E-state index in [1.54, 1.807) is 0 Å². The Morgan fingerprint density at radius 1 is 1.53 bits per heavy atom. The number of ether oxygens (including phenoxy) is 1. The van der Waals surface area contributed by atoms with Crippen molar-refractivity contribution in [2.24, 2.45) is 0 Å². The summed E-state index contributed by atoms with van der Waals surface area (Å²) in [5.41, 5.74) is -0.156. The third kappa shape index (κ3) is 5.16. The molecule has 0 aliphatic heterocycles.